The van der Waals surface area contributed by atoms with Gasteiger partial charge in [-0.15, -0.1) is 0 Å². The highest BCUT2D eigenvalue weighted by atomic mass is 35.5. The van der Waals surface area contributed by atoms with Gasteiger partial charge in [-0.1, -0.05) is 17.7 Å². The molecule has 0 N–H and O–H groups in total. The molecule has 0 unspecified atom stereocenters. The van der Waals surface area contributed by atoms with E-state index in [0.29, 0.717) is 15.3 Å². The average Bonchev–Trinajstić information content (AvgIpc) is 3.27. The quantitative estimate of drug-likeness (QED) is 0.584. The van der Waals surface area contributed by atoms with Crippen molar-refractivity contribution in [3.63, 3.8) is 0 Å². The van der Waals surface area contributed by atoms with Crippen LogP contribution in [-0.4, -0.2) is 49.7 Å². The van der Waals surface area contributed by atoms with Crippen molar-refractivity contribution in [2.75, 3.05) is 26.2 Å². The van der Waals surface area contributed by atoms with Crippen molar-refractivity contribution in [2.24, 2.45) is 0 Å². The summed E-state index contributed by atoms with van der Waals surface area (Å²) in [7, 11) is -3.63. The first-order chi connectivity index (χ1) is 15.3. The van der Waals surface area contributed by atoms with Crippen LogP contribution in [0.3, 0.4) is 0 Å². The maximum Gasteiger partial charge on any atom is 0.289 e. The molecule has 0 atom stereocenters. The highest BCUT2D eigenvalue weighted by Gasteiger charge is 2.32. The van der Waals surface area contributed by atoms with Crippen LogP contribution in [0.25, 0.3) is 11.0 Å². The van der Waals surface area contributed by atoms with Crippen LogP contribution in [0, 0.1) is 0 Å². The number of sulfonamides is 1. The zero-order valence-electron chi connectivity index (χ0n) is 17.2. The van der Waals surface area contributed by atoms with Crippen LogP contribution in [-0.2, 0) is 22.9 Å². The van der Waals surface area contributed by atoms with Crippen molar-refractivity contribution in [3.05, 3.63) is 74.6 Å². The minimum atomic E-state index is -3.63. The zero-order valence-corrected chi connectivity index (χ0v) is 18.8. The van der Waals surface area contributed by atoms with E-state index in [1.807, 2.05) is 6.07 Å². The number of fused-ring (bicyclic) bond motifs is 2. The molecule has 1 aliphatic carbocycles. The second-order valence-corrected chi connectivity index (χ2v) is 10.5. The van der Waals surface area contributed by atoms with Gasteiger partial charge in [0.05, 0.1) is 10.3 Å². The molecule has 1 saturated heterocycles. The molecule has 0 bridgehead atoms. The summed E-state index contributed by atoms with van der Waals surface area (Å²) in [5.41, 5.74) is 2.25. The lowest BCUT2D eigenvalue weighted by molar-refractivity contribution is 0.0666. The van der Waals surface area contributed by atoms with Crippen molar-refractivity contribution in [1.82, 2.24) is 9.21 Å². The second kappa shape index (κ2) is 8.03. The number of carbonyl (C=O) groups is 1. The third kappa shape index (κ3) is 3.72. The monoisotopic (exact) mass is 472 g/mol. The van der Waals surface area contributed by atoms with Gasteiger partial charge in [-0.05, 0) is 60.7 Å². The summed E-state index contributed by atoms with van der Waals surface area (Å²) in [5.74, 6) is -0.506. The number of rotatable bonds is 3. The second-order valence-electron chi connectivity index (χ2n) is 8.10. The number of nitrogens with zero attached hydrogens (tertiary/aromatic N) is 2. The molecule has 2 aromatic carbocycles. The van der Waals surface area contributed by atoms with Gasteiger partial charge in [0, 0.05) is 37.3 Å². The first kappa shape index (κ1) is 21.2. The largest absolute Gasteiger partial charge is 0.451 e. The highest BCUT2D eigenvalue weighted by Crippen LogP contribution is 2.27. The normalized spacial score (nSPS) is 17.0. The molecule has 1 aliphatic heterocycles. The molecule has 1 amide bonds. The van der Waals surface area contributed by atoms with Crippen LogP contribution < -0.4 is 5.43 Å². The van der Waals surface area contributed by atoms with Crippen molar-refractivity contribution >= 4 is 38.5 Å². The van der Waals surface area contributed by atoms with Crippen molar-refractivity contribution in [2.45, 2.75) is 24.2 Å². The maximum atomic E-state index is 13.1. The standard InChI is InChI=1S/C23H21ClN2O5S/c24-17-5-7-21-19(13-17)20(27)14-22(31-21)23(28)25-8-10-26(11-9-25)32(29,30)18-6-4-15-2-1-3-16(15)12-18/h4-7,12-14H,1-3,8-11H2. The number of hydrogen-bond acceptors (Lipinski definition) is 5. The van der Waals surface area contributed by atoms with Crippen molar-refractivity contribution in [1.29, 1.82) is 0 Å². The fraction of sp³-hybridized carbons (Fsp3) is 0.304. The SMILES string of the molecule is O=C(c1cc(=O)c2cc(Cl)ccc2o1)N1CCN(S(=O)(=O)c2ccc3c(c2)CCC3)CC1. The molecule has 9 heteroatoms. The lowest BCUT2D eigenvalue weighted by atomic mass is 10.1. The molecule has 0 radical (unpaired) electrons. The molecule has 3 aromatic rings. The molecule has 0 spiro atoms. The Balaban J connectivity index is 1.32. The van der Waals surface area contributed by atoms with Crippen LogP contribution in [0.15, 0.2) is 56.6 Å². The lowest BCUT2D eigenvalue weighted by Gasteiger charge is -2.33. The molecular formula is C23H21ClN2O5S. The number of halogens is 1. The summed E-state index contributed by atoms with van der Waals surface area (Å²) in [6.45, 7) is 0.786. The summed E-state index contributed by atoms with van der Waals surface area (Å²) >= 11 is 5.93. The van der Waals surface area contributed by atoms with E-state index in [9.17, 15) is 18.0 Å². The Morgan fingerprint density at radius 3 is 2.47 bits per heavy atom. The highest BCUT2D eigenvalue weighted by molar-refractivity contribution is 7.89. The molecule has 2 heterocycles. The molecule has 1 aromatic heterocycles. The van der Waals surface area contributed by atoms with Gasteiger partial charge in [-0.25, -0.2) is 8.42 Å². The van der Waals surface area contributed by atoms with Crippen molar-refractivity contribution in [3.8, 4) is 0 Å². The average molecular weight is 473 g/mol. The first-order valence-electron chi connectivity index (χ1n) is 10.5. The van der Waals surface area contributed by atoms with Crippen LogP contribution in [0.1, 0.15) is 28.1 Å². The Kier molecular flexibility index (Phi) is 5.31. The fourth-order valence-electron chi connectivity index (χ4n) is 4.38. The smallest absolute Gasteiger partial charge is 0.289 e. The molecule has 0 saturated carbocycles. The molecule has 5 rings (SSSR count). The van der Waals surface area contributed by atoms with Gasteiger partial charge in [0.1, 0.15) is 5.58 Å². The van der Waals surface area contributed by atoms with E-state index >= 15 is 0 Å². The Labute approximate surface area is 190 Å². The van der Waals surface area contributed by atoms with E-state index in [1.54, 1.807) is 24.3 Å². The van der Waals surface area contributed by atoms with Crippen LogP contribution in [0.2, 0.25) is 5.02 Å². The lowest BCUT2D eigenvalue weighted by Crippen LogP contribution is -2.50. The van der Waals surface area contributed by atoms with Gasteiger partial charge in [0.25, 0.3) is 5.91 Å². The minimum absolute atomic E-state index is 0.0697. The Morgan fingerprint density at radius 1 is 0.938 bits per heavy atom. The third-order valence-corrected chi connectivity index (χ3v) is 8.26. The molecule has 2 aliphatic rings. The molecule has 32 heavy (non-hydrogen) atoms. The van der Waals surface area contributed by atoms with Gasteiger partial charge >= 0.3 is 0 Å². The van der Waals surface area contributed by atoms with E-state index in [4.69, 9.17) is 16.0 Å². The molecule has 7 nitrogen and oxygen atoms in total. The van der Waals surface area contributed by atoms with E-state index in [2.05, 4.69) is 0 Å². The fourth-order valence-corrected chi connectivity index (χ4v) is 6.02. The number of benzene rings is 2. The topological polar surface area (TPSA) is 87.9 Å². The Bertz CT molecular complexity index is 1390. The van der Waals surface area contributed by atoms with Gasteiger partial charge < -0.3 is 9.32 Å². The minimum Gasteiger partial charge on any atom is -0.451 e. The number of aryl methyl sites for hydroxylation is 2. The van der Waals surface area contributed by atoms with Gasteiger partial charge in [0.15, 0.2) is 11.2 Å². The Morgan fingerprint density at radius 2 is 1.69 bits per heavy atom. The van der Waals surface area contributed by atoms with Crippen LogP contribution in [0.4, 0.5) is 0 Å². The molecule has 1 fully saturated rings. The number of amides is 1. The summed E-state index contributed by atoms with van der Waals surface area (Å²) < 4.78 is 33.3. The maximum absolute atomic E-state index is 13.1. The van der Waals surface area contributed by atoms with E-state index in [0.717, 1.165) is 30.9 Å². The predicted octanol–water partition coefficient (Wildman–Crippen LogP) is 3.08. The first-order valence-corrected chi connectivity index (χ1v) is 12.3. The molecule has 166 valence electrons. The summed E-state index contributed by atoms with van der Waals surface area (Å²) in [6.07, 6.45) is 2.95. The van der Waals surface area contributed by atoms with Gasteiger partial charge in [-0.2, -0.15) is 4.31 Å². The summed E-state index contributed by atoms with van der Waals surface area (Å²) in [5, 5.41) is 0.712. The zero-order chi connectivity index (χ0) is 22.5. The summed E-state index contributed by atoms with van der Waals surface area (Å²) in [6, 6.07) is 11.2. The Hall–Kier alpha value is -2.68. The number of carbonyl (C=O) groups excluding carboxylic acids is 1. The van der Waals surface area contributed by atoms with Gasteiger partial charge in [0.2, 0.25) is 10.0 Å². The number of hydrogen-bond donors (Lipinski definition) is 0. The van der Waals surface area contributed by atoms with E-state index < -0.39 is 15.9 Å². The van der Waals surface area contributed by atoms with Crippen molar-refractivity contribution < 1.29 is 17.6 Å². The van der Waals surface area contributed by atoms with Crippen LogP contribution in [0.5, 0.6) is 0 Å². The number of piperazine rings is 1. The molecular weight excluding hydrogens is 452 g/mol. The third-order valence-electron chi connectivity index (χ3n) is 6.13. The van der Waals surface area contributed by atoms with E-state index in [-0.39, 0.29) is 43.0 Å². The van der Waals surface area contributed by atoms with Gasteiger partial charge in [-0.3, -0.25) is 9.59 Å². The summed E-state index contributed by atoms with van der Waals surface area (Å²) in [4.78, 5) is 27.1. The van der Waals surface area contributed by atoms with Crippen LogP contribution >= 0.6 is 11.6 Å². The van der Waals surface area contributed by atoms with E-state index in [1.165, 1.54) is 20.8 Å². The predicted molar refractivity (Wildman–Crippen MR) is 121 cm³/mol.